The van der Waals surface area contributed by atoms with Crippen LogP contribution in [0.15, 0.2) is 51.6 Å². The van der Waals surface area contributed by atoms with Gasteiger partial charge in [-0.25, -0.2) is 0 Å². The third-order valence-corrected chi connectivity index (χ3v) is 3.20. The molecule has 0 aliphatic rings. The van der Waals surface area contributed by atoms with Gasteiger partial charge < -0.3 is 14.3 Å². The molecule has 1 amide bonds. The van der Waals surface area contributed by atoms with Crippen molar-refractivity contribution >= 4 is 11.6 Å². The fraction of sp³-hybridized carbons (Fsp3) is 0.188. The summed E-state index contributed by atoms with van der Waals surface area (Å²) in [5.74, 6) is -0.203. The number of rotatable bonds is 5. The number of benzene rings is 1. The summed E-state index contributed by atoms with van der Waals surface area (Å²) in [6.07, 6.45) is -4.50. The summed E-state index contributed by atoms with van der Waals surface area (Å²) in [6, 6.07) is 9.80. The number of alkyl halides is 3. The van der Waals surface area contributed by atoms with Crippen molar-refractivity contribution in [3.8, 4) is 11.6 Å². The van der Waals surface area contributed by atoms with Crippen molar-refractivity contribution in [1.82, 2.24) is 10.1 Å². The van der Waals surface area contributed by atoms with Crippen LogP contribution in [0.2, 0.25) is 0 Å². The number of anilines is 1. The minimum absolute atomic E-state index is 0.149. The zero-order chi connectivity index (χ0) is 17.9. The molecular weight excluding hydrogens is 339 g/mol. The first-order valence-corrected chi connectivity index (χ1v) is 7.22. The fourth-order valence-corrected chi connectivity index (χ4v) is 2.17. The molecule has 6 nitrogen and oxygen atoms in total. The molecule has 0 atom stereocenters. The molecule has 0 fully saturated rings. The van der Waals surface area contributed by atoms with Crippen molar-refractivity contribution in [3.05, 3.63) is 54.1 Å². The Hall–Kier alpha value is -3.10. The van der Waals surface area contributed by atoms with Gasteiger partial charge in [-0.05, 0) is 23.8 Å². The maximum absolute atomic E-state index is 12.3. The van der Waals surface area contributed by atoms with E-state index in [-0.39, 0.29) is 23.8 Å². The van der Waals surface area contributed by atoms with Gasteiger partial charge in [0.1, 0.15) is 6.42 Å². The molecule has 1 N–H and O–H groups in total. The number of aromatic nitrogens is 2. The topological polar surface area (TPSA) is 81.2 Å². The van der Waals surface area contributed by atoms with Crippen LogP contribution in [0.5, 0.6) is 0 Å². The largest absolute Gasteiger partial charge is 0.461 e. The molecule has 25 heavy (non-hydrogen) atoms. The van der Waals surface area contributed by atoms with Crippen LogP contribution >= 0.6 is 0 Å². The Balaban J connectivity index is 1.74. The first kappa shape index (κ1) is 16.7. The van der Waals surface area contributed by atoms with E-state index in [1.54, 1.807) is 30.3 Å². The lowest BCUT2D eigenvalue weighted by Gasteiger charge is -2.11. The van der Waals surface area contributed by atoms with E-state index in [1.807, 2.05) is 0 Å². The molecule has 0 spiro atoms. The molecule has 0 aliphatic carbocycles. The van der Waals surface area contributed by atoms with E-state index >= 15 is 0 Å². The number of hydrogen-bond acceptors (Lipinski definition) is 5. The first-order valence-electron chi connectivity index (χ1n) is 7.22. The molecule has 3 aromatic rings. The summed E-state index contributed by atoms with van der Waals surface area (Å²) in [4.78, 5) is 15.7. The van der Waals surface area contributed by atoms with Crippen molar-refractivity contribution in [2.24, 2.45) is 0 Å². The van der Waals surface area contributed by atoms with Gasteiger partial charge in [-0.15, -0.1) is 0 Å². The maximum Gasteiger partial charge on any atom is 0.397 e. The Labute approximate surface area is 139 Å². The van der Waals surface area contributed by atoms with Crippen LogP contribution < -0.4 is 5.32 Å². The molecule has 0 bridgehead atoms. The molecule has 130 valence electrons. The number of amides is 1. The molecule has 9 heteroatoms. The van der Waals surface area contributed by atoms with E-state index in [2.05, 4.69) is 15.5 Å². The minimum atomic E-state index is -4.57. The number of carbonyl (C=O) groups excluding carboxylic acids is 1. The van der Waals surface area contributed by atoms with Crippen LogP contribution in [0.3, 0.4) is 0 Å². The Morgan fingerprint density at radius 3 is 2.68 bits per heavy atom. The lowest BCUT2D eigenvalue weighted by atomic mass is 10.1. The Morgan fingerprint density at radius 2 is 1.96 bits per heavy atom. The van der Waals surface area contributed by atoms with Crippen LogP contribution in [-0.2, 0) is 11.2 Å². The lowest BCUT2D eigenvalue weighted by molar-refractivity contribution is -0.150. The normalized spacial score (nSPS) is 11.5. The van der Waals surface area contributed by atoms with E-state index in [1.165, 1.54) is 12.3 Å². The molecule has 0 unspecified atom stereocenters. The van der Waals surface area contributed by atoms with Crippen LogP contribution in [0.25, 0.3) is 11.6 Å². The van der Waals surface area contributed by atoms with Gasteiger partial charge in [0.15, 0.2) is 5.76 Å². The predicted molar refractivity (Wildman–Crippen MR) is 80.5 cm³/mol. The van der Waals surface area contributed by atoms with Gasteiger partial charge in [0.2, 0.25) is 17.6 Å². The summed E-state index contributed by atoms with van der Waals surface area (Å²) in [7, 11) is 0. The van der Waals surface area contributed by atoms with E-state index < -0.39 is 18.5 Å². The molecule has 1 aromatic carbocycles. The van der Waals surface area contributed by atoms with E-state index in [4.69, 9.17) is 8.94 Å². The second-order valence-electron chi connectivity index (χ2n) is 5.16. The highest BCUT2D eigenvalue weighted by atomic mass is 19.4. The van der Waals surface area contributed by atoms with E-state index in [9.17, 15) is 18.0 Å². The van der Waals surface area contributed by atoms with Crippen LogP contribution in [-0.4, -0.2) is 22.2 Å². The summed E-state index contributed by atoms with van der Waals surface area (Å²) in [5.41, 5.74) is 0.808. The number of halogens is 3. The smallest absolute Gasteiger partial charge is 0.397 e. The van der Waals surface area contributed by atoms with Gasteiger partial charge in [-0.2, -0.15) is 18.2 Å². The monoisotopic (exact) mass is 351 g/mol. The third-order valence-electron chi connectivity index (χ3n) is 3.20. The van der Waals surface area contributed by atoms with Gasteiger partial charge >= 0.3 is 6.18 Å². The van der Waals surface area contributed by atoms with Gasteiger partial charge in [0.05, 0.1) is 12.7 Å². The number of hydrogen-bond donors (Lipinski definition) is 1. The number of furan rings is 1. The number of nitrogens with one attached hydrogen (secondary N) is 1. The first-order chi connectivity index (χ1) is 11.9. The molecule has 2 aromatic heterocycles. The Bertz CT molecular complexity index is 857. The van der Waals surface area contributed by atoms with E-state index in [0.717, 1.165) is 0 Å². The quantitative estimate of drug-likeness (QED) is 0.756. The molecule has 2 heterocycles. The van der Waals surface area contributed by atoms with E-state index in [0.29, 0.717) is 11.3 Å². The van der Waals surface area contributed by atoms with Crippen LogP contribution in [0.1, 0.15) is 17.9 Å². The van der Waals surface area contributed by atoms with Crippen molar-refractivity contribution in [2.75, 3.05) is 5.32 Å². The SMILES string of the molecule is O=C(CC(F)(F)F)Nc1ccccc1Cc1nc(-c2ccco2)no1. The van der Waals surface area contributed by atoms with Gasteiger partial charge in [-0.1, -0.05) is 23.4 Å². The van der Waals surface area contributed by atoms with Crippen LogP contribution in [0, 0.1) is 0 Å². The molecule has 0 saturated heterocycles. The Kier molecular flexibility index (Phi) is 4.55. The van der Waals surface area contributed by atoms with Crippen LogP contribution in [0.4, 0.5) is 18.9 Å². The molecule has 0 saturated carbocycles. The molecular formula is C16H12F3N3O3. The van der Waals surface area contributed by atoms with Gasteiger partial charge in [0, 0.05) is 5.69 Å². The summed E-state index contributed by atoms with van der Waals surface area (Å²) >= 11 is 0. The van der Waals surface area contributed by atoms with Crippen molar-refractivity contribution in [1.29, 1.82) is 0 Å². The van der Waals surface area contributed by atoms with Gasteiger partial charge in [-0.3, -0.25) is 4.79 Å². The van der Waals surface area contributed by atoms with Crippen molar-refractivity contribution in [3.63, 3.8) is 0 Å². The Morgan fingerprint density at radius 1 is 1.16 bits per heavy atom. The summed E-state index contributed by atoms with van der Waals surface area (Å²) < 4.78 is 47.1. The lowest BCUT2D eigenvalue weighted by Crippen LogP contribution is -2.21. The second kappa shape index (κ2) is 6.80. The number of para-hydroxylation sites is 1. The zero-order valence-electron chi connectivity index (χ0n) is 12.7. The van der Waals surface area contributed by atoms with Gasteiger partial charge in [0.25, 0.3) is 0 Å². The second-order valence-corrected chi connectivity index (χ2v) is 5.16. The molecule has 3 rings (SSSR count). The highest BCUT2D eigenvalue weighted by molar-refractivity contribution is 5.91. The van der Waals surface area contributed by atoms with Crippen molar-refractivity contribution < 1.29 is 26.9 Å². The molecule has 0 aliphatic heterocycles. The average molecular weight is 351 g/mol. The zero-order valence-corrected chi connectivity index (χ0v) is 12.7. The standard InChI is InChI=1S/C16H12F3N3O3/c17-16(18,19)9-13(23)20-11-5-2-1-4-10(11)8-14-21-15(22-25-14)12-6-3-7-24-12/h1-7H,8-9H2,(H,20,23). The predicted octanol–water partition coefficient (Wildman–Crippen LogP) is 3.81. The van der Waals surface area contributed by atoms with Crippen molar-refractivity contribution in [2.45, 2.75) is 19.0 Å². The fourth-order valence-electron chi connectivity index (χ4n) is 2.17. The number of nitrogens with zero attached hydrogens (tertiary/aromatic N) is 2. The molecule has 0 radical (unpaired) electrons. The summed E-state index contributed by atoms with van der Waals surface area (Å²) in [6.45, 7) is 0. The average Bonchev–Trinajstić information content (AvgIpc) is 3.18. The minimum Gasteiger partial charge on any atom is -0.461 e. The maximum atomic E-state index is 12.3. The third kappa shape index (κ3) is 4.46. The number of carbonyl (C=O) groups is 1. The summed E-state index contributed by atoms with van der Waals surface area (Å²) in [5, 5.41) is 6.03. The highest BCUT2D eigenvalue weighted by Crippen LogP contribution is 2.24. The highest BCUT2D eigenvalue weighted by Gasteiger charge is 2.31.